The summed E-state index contributed by atoms with van der Waals surface area (Å²) in [6.45, 7) is 5.49. The number of nitrogens with one attached hydrogen (secondary N) is 1. The summed E-state index contributed by atoms with van der Waals surface area (Å²) in [4.78, 5) is 16.0. The molecule has 0 saturated carbocycles. The van der Waals surface area contributed by atoms with Crippen LogP contribution >= 0.6 is 0 Å². The first kappa shape index (κ1) is 14.7. The van der Waals surface area contributed by atoms with Gasteiger partial charge in [-0.3, -0.25) is 4.79 Å². The third kappa shape index (κ3) is 4.14. The summed E-state index contributed by atoms with van der Waals surface area (Å²) < 4.78 is 23.8. The number of hydrogen-bond donors (Lipinski definition) is 1. The molecule has 0 aromatic carbocycles. The summed E-state index contributed by atoms with van der Waals surface area (Å²) in [6, 6.07) is -0.325. The van der Waals surface area contributed by atoms with E-state index >= 15 is 0 Å². The molecule has 0 aliphatic carbocycles. The van der Waals surface area contributed by atoms with Crippen molar-refractivity contribution in [3.63, 3.8) is 0 Å². The van der Waals surface area contributed by atoms with E-state index in [9.17, 15) is 13.2 Å². The second-order valence-electron chi connectivity index (χ2n) is 4.72. The third-order valence-corrected chi connectivity index (χ3v) is 3.47. The van der Waals surface area contributed by atoms with Crippen LogP contribution in [0.3, 0.4) is 0 Å². The predicted molar refractivity (Wildman–Crippen MR) is 71.7 cm³/mol. The van der Waals surface area contributed by atoms with Crippen molar-refractivity contribution in [2.24, 2.45) is 0 Å². The molecule has 0 amide bonds. The van der Waals surface area contributed by atoms with Gasteiger partial charge in [0, 0.05) is 30.7 Å². The van der Waals surface area contributed by atoms with Gasteiger partial charge in [-0.2, -0.15) is 0 Å². The molecule has 0 aliphatic heterocycles. The van der Waals surface area contributed by atoms with Gasteiger partial charge in [0.05, 0.1) is 5.75 Å². The minimum Gasteiger partial charge on any atom is -0.362 e. The largest absolute Gasteiger partial charge is 0.362 e. The van der Waals surface area contributed by atoms with Crippen molar-refractivity contribution in [3.8, 4) is 0 Å². The average molecular weight is 273 g/mol. The number of anilines is 1. The monoisotopic (exact) mass is 273 g/mol. The zero-order valence-electron chi connectivity index (χ0n) is 11.0. The molecule has 0 fully saturated rings. The summed E-state index contributed by atoms with van der Waals surface area (Å²) in [7, 11) is -3.08. The highest BCUT2D eigenvalue weighted by molar-refractivity contribution is 7.90. The smallest absolute Gasteiger partial charge is 0.293 e. The number of aromatic nitrogens is 2. The van der Waals surface area contributed by atoms with E-state index in [4.69, 9.17) is 0 Å². The molecule has 1 heterocycles. The Kier molecular flexibility index (Phi) is 4.50. The molecule has 1 rings (SSSR count). The van der Waals surface area contributed by atoms with E-state index in [0.717, 1.165) is 6.26 Å². The molecular weight excluding hydrogens is 254 g/mol. The van der Waals surface area contributed by atoms with Gasteiger partial charge in [0.1, 0.15) is 9.84 Å². The molecule has 0 saturated heterocycles. The first-order valence-electron chi connectivity index (χ1n) is 5.72. The van der Waals surface area contributed by atoms with Crippen molar-refractivity contribution in [1.82, 2.24) is 9.55 Å². The standard InChI is InChI=1S/C11H19N3O3S/c1-8(2)14-6-5-12-10(11(14)15)13-9(3)7-18(4,16)17/h5-6,8-9H,7H2,1-4H3,(H,12,13). The van der Waals surface area contributed by atoms with Gasteiger partial charge in [-0.25, -0.2) is 13.4 Å². The molecule has 1 N–H and O–H groups in total. The molecule has 0 radical (unpaired) electrons. The minimum absolute atomic E-state index is 0.0336. The Morgan fingerprint density at radius 1 is 1.39 bits per heavy atom. The van der Waals surface area contributed by atoms with E-state index in [2.05, 4.69) is 10.3 Å². The molecule has 18 heavy (non-hydrogen) atoms. The third-order valence-electron chi connectivity index (χ3n) is 2.36. The quantitative estimate of drug-likeness (QED) is 0.852. The number of sulfone groups is 1. The molecule has 0 bridgehead atoms. The minimum atomic E-state index is -3.08. The lowest BCUT2D eigenvalue weighted by Crippen LogP contribution is -2.32. The predicted octanol–water partition coefficient (Wildman–Crippen LogP) is 0.669. The highest BCUT2D eigenvalue weighted by atomic mass is 32.2. The molecule has 1 aromatic rings. The number of nitrogens with zero attached hydrogens (tertiary/aromatic N) is 2. The maximum atomic E-state index is 12.0. The maximum Gasteiger partial charge on any atom is 0.293 e. The van der Waals surface area contributed by atoms with Crippen LogP contribution in [0.4, 0.5) is 5.82 Å². The number of rotatable bonds is 5. The Hall–Kier alpha value is -1.37. The van der Waals surface area contributed by atoms with Crippen LogP contribution in [-0.2, 0) is 9.84 Å². The van der Waals surface area contributed by atoms with Gasteiger partial charge in [-0.05, 0) is 20.8 Å². The molecule has 7 heteroatoms. The fourth-order valence-electron chi connectivity index (χ4n) is 1.66. The molecular formula is C11H19N3O3S. The van der Waals surface area contributed by atoms with Crippen molar-refractivity contribution in [2.75, 3.05) is 17.3 Å². The van der Waals surface area contributed by atoms with Crippen LogP contribution < -0.4 is 10.9 Å². The van der Waals surface area contributed by atoms with Crippen molar-refractivity contribution in [2.45, 2.75) is 32.9 Å². The molecule has 6 nitrogen and oxygen atoms in total. The van der Waals surface area contributed by atoms with Gasteiger partial charge >= 0.3 is 0 Å². The van der Waals surface area contributed by atoms with Gasteiger partial charge in [-0.15, -0.1) is 0 Å². The second-order valence-corrected chi connectivity index (χ2v) is 6.90. The van der Waals surface area contributed by atoms with Gasteiger partial charge in [0.15, 0.2) is 5.82 Å². The van der Waals surface area contributed by atoms with E-state index in [1.807, 2.05) is 13.8 Å². The van der Waals surface area contributed by atoms with E-state index in [0.29, 0.717) is 0 Å². The van der Waals surface area contributed by atoms with Crippen LogP contribution in [-0.4, -0.2) is 36.0 Å². The highest BCUT2D eigenvalue weighted by Crippen LogP contribution is 2.03. The van der Waals surface area contributed by atoms with E-state index in [1.54, 1.807) is 17.7 Å². The molecule has 0 spiro atoms. The maximum absolute atomic E-state index is 12.0. The van der Waals surface area contributed by atoms with Gasteiger partial charge < -0.3 is 9.88 Å². The summed E-state index contributed by atoms with van der Waals surface area (Å²) in [5.41, 5.74) is -0.243. The zero-order chi connectivity index (χ0) is 13.9. The first-order chi connectivity index (χ1) is 8.20. The Bertz CT molecular complexity index is 563. The zero-order valence-corrected chi connectivity index (χ0v) is 11.9. The van der Waals surface area contributed by atoms with Crippen LogP contribution in [0, 0.1) is 0 Å². The lowest BCUT2D eigenvalue weighted by Gasteiger charge is -2.15. The average Bonchev–Trinajstić information content (AvgIpc) is 2.17. The Labute approximate surface area is 107 Å². The Morgan fingerprint density at radius 3 is 2.50 bits per heavy atom. The van der Waals surface area contributed by atoms with Crippen molar-refractivity contribution in [3.05, 3.63) is 22.7 Å². The fraction of sp³-hybridized carbons (Fsp3) is 0.636. The summed E-state index contributed by atoms with van der Waals surface area (Å²) in [5, 5.41) is 2.84. The lowest BCUT2D eigenvalue weighted by molar-refractivity contribution is 0.574. The van der Waals surface area contributed by atoms with Crippen LogP contribution in [0.15, 0.2) is 17.2 Å². The molecule has 1 aromatic heterocycles. The normalized spacial score (nSPS) is 13.6. The van der Waals surface area contributed by atoms with E-state index in [1.165, 1.54) is 6.20 Å². The second kappa shape index (κ2) is 5.51. The summed E-state index contributed by atoms with van der Waals surface area (Å²) >= 11 is 0. The van der Waals surface area contributed by atoms with Gasteiger partial charge in [-0.1, -0.05) is 0 Å². The Balaban J connectivity index is 2.92. The van der Waals surface area contributed by atoms with Gasteiger partial charge in [0.25, 0.3) is 5.56 Å². The molecule has 102 valence electrons. The molecule has 1 unspecified atom stereocenters. The van der Waals surface area contributed by atoms with Crippen LogP contribution in [0.2, 0.25) is 0 Å². The van der Waals surface area contributed by atoms with Crippen molar-refractivity contribution >= 4 is 15.7 Å². The SMILES string of the molecule is CC(CS(C)(=O)=O)Nc1nccn(C(C)C)c1=O. The first-order valence-corrected chi connectivity index (χ1v) is 7.78. The van der Waals surface area contributed by atoms with Crippen LogP contribution in [0.25, 0.3) is 0 Å². The fourth-order valence-corrected chi connectivity index (χ4v) is 2.65. The van der Waals surface area contributed by atoms with E-state index < -0.39 is 9.84 Å². The van der Waals surface area contributed by atoms with Crippen LogP contribution in [0.5, 0.6) is 0 Å². The van der Waals surface area contributed by atoms with Crippen molar-refractivity contribution < 1.29 is 8.42 Å². The topological polar surface area (TPSA) is 81.1 Å². The van der Waals surface area contributed by atoms with Gasteiger partial charge in [0.2, 0.25) is 0 Å². The number of hydrogen-bond acceptors (Lipinski definition) is 5. The van der Waals surface area contributed by atoms with E-state index in [-0.39, 0.29) is 29.2 Å². The molecule has 0 aliphatic rings. The van der Waals surface area contributed by atoms with Crippen LogP contribution in [0.1, 0.15) is 26.8 Å². The lowest BCUT2D eigenvalue weighted by atomic mass is 10.3. The highest BCUT2D eigenvalue weighted by Gasteiger charge is 2.13. The molecule has 1 atom stereocenters. The van der Waals surface area contributed by atoms with Crippen molar-refractivity contribution in [1.29, 1.82) is 0 Å². The Morgan fingerprint density at radius 2 is 2.00 bits per heavy atom. The summed E-state index contributed by atoms with van der Waals surface area (Å²) in [6.07, 6.45) is 4.30. The summed E-state index contributed by atoms with van der Waals surface area (Å²) in [5.74, 6) is 0.146.